The Balaban J connectivity index is 0.000000361. The molecule has 8 nitrogen and oxygen atoms in total. The van der Waals surface area contributed by atoms with E-state index in [4.69, 9.17) is 32.7 Å². The third kappa shape index (κ3) is 14.7. The fraction of sp³-hybridized carbons (Fsp3) is 0.500. The van der Waals surface area contributed by atoms with Gasteiger partial charge in [-0.05, 0) is 116 Å². The third-order valence-corrected chi connectivity index (χ3v) is 12.2. The number of ether oxygens (including phenoxy) is 2. The summed E-state index contributed by atoms with van der Waals surface area (Å²) in [6.07, 6.45) is 6.43. The van der Waals surface area contributed by atoms with E-state index >= 15 is 0 Å². The minimum absolute atomic E-state index is 0.0689. The molecule has 4 unspecified atom stereocenters. The molecule has 0 aliphatic carbocycles. The van der Waals surface area contributed by atoms with E-state index in [9.17, 15) is 18.0 Å². The number of esters is 2. The topological polar surface area (TPSA) is 93.2 Å². The first-order valence-corrected chi connectivity index (χ1v) is 20.5. The number of hydrogen-bond acceptors (Lipinski definition) is 6. The first kappa shape index (κ1) is 45.6. The van der Waals surface area contributed by atoms with Crippen LogP contribution in [0.15, 0.2) is 85.0 Å². The van der Waals surface area contributed by atoms with Gasteiger partial charge >= 0.3 is 11.9 Å². The molecule has 0 spiro atoms. The lowest BCUT2D eigenvalue weighted by atomic mass is 9.98. The molecule has 0 saturated heterocycles. The molecule has 2 aromatic rings. The molecule has 4 atom stereocenters. The van der Waals surface area contributed by atoms with Crippen LogP contribution < -0.4 is 0 Å². The van der Waals surface area contributed by atoms with Gasteiger partial charge in [0.2, 0.25) is 0 Å². The van der Waals surface area contributed by atoms with Crippen molar-refractivity contribution < 1.29 is 27.5 Å². The van der Waals surface area contributed by atoms with Gasteiger partial charge in [-0.2, -0.15) is 0 Å². The van der Waals surface area contributed by atoms with E-state index in [-0.39, 0.29) is 31.2 Å². The van der Waals surface area contributed by atoms with Gasteiger partial charge in [0.25, 0.3) is 0 Å². The maximum atomic E-state index is 13.2. The summed E-state index contributed by atoms with van der Waals surface area (Å²) >= 11 is 11.9. The molecule has 0 fully saturated rings. The van der Waals surface area contributed by atoms with Crippen LogP contribution in [0.25, 0.3) is 0 Å². The Morgan fingerprint density at radius 1 is 0.923 bits per heavy atom. The van der Waals surface area contributed by atoms with Gasteiger partial charge in [0.15, 0.2) is 0 Å². The summed E-state index contributed by atoms with van der Waals surface area (Å²) < 4.78 is 39.3. The molecule has 0 N–H and O–H groups in total. The van der Waals surface area contributed by atoms with Crippen LogP contribution >= 0.6 is 23.2 Å². The molecule has 1 heterocycles. The first-order valence-electron chi connectivity index (χ1n) is 17.5. The molecule has 1 aliphatic rings. The van der Waals surface area contributed by atoms with E-state index in [1.54, 1.807) is 19.9 Å². The van der Waals surface area contributed by atoms with Crippen molar-refractivity contribution >= 4 is 57.1 Å². The van der Waals surface area contributed by atoms with Crippen molar-refractivity contribution in [2.24, 2.45) is 0 Å². The summed E-state index contributed by atoms with van der Waals surface area (Å²) in [7, 11) is -2.55. The van der Waals surface area contributed by atoms with Crippen molar-refractivity contribution in [2.45, 2.75) is 103 Å². The Kier molecular flexibility index (Phi) is 18.7. The number of nitrogens with zero attached hydrogens (tertiary/aromatic N) is 2. The van der Waals surface area contributed by atoms with Crippen molar-refractivity contribution in [1.82, 2.24) is 8.61 Å². The lowest BCUT2D eigenvalue weighted by Crippen LogP contribution is -2.48. The van der Waals surface area contributed by atoms with Crippen molar-refractivity contribution in [1.29, 1.82) is 0 Å². The van der Waals surface area contributed by atoms with Crippen LogP contribution in [0.1, 0.15) is 79.4 Å². The monoisotopic (exact) mass is 794 g/mol. The molecule has 12 heteroatoms. The van der Waals surface area contributed by atoms with Crippen molar-refractivity contribution in [2.75, 3.05) is 26.3 Å². The van der Waals surface area contributed by atoms with Crippen molar-refractivity contribution in [3.05, 3.63) is 106 Å². The van der Waals surface area contributed by atoms with Gasteiger partial charge in [0.05, 0.1) is 22.7 Å². The fourth-order valence-corrected chi connectivity index (χ4v) is 8.35. The average Bonchev–Trinajstić information content (AvgIpc) is 3.08. The lowest BCUT2D eigenvalue weighted by Gasteiger charge is -2.37. The lowest BCUT2D eigenvalue weighted by molar-refractivity contribution is -0.139. The Bertz CT molecular complexity index is 1580. The number of benzene rings is 2. The molecule has 0 saturated carbocycles. The van der Waals surface area contributed by atoms with Gasteiger partial charge in [-0.15, -0.1) is 6.58 Å². The van der Waals surface area contributed by atoms with E-state index in [0.717, 1.165) is 17.5 Å². The van der Waals surface area contributed by atoms with Gasteiger partial charge in [-0.3, -0.25) is 0 Å². The quantitative estimate of drug-likeness (QED) is 0.102. The molecule has 2 aromatic carbocycles. The van der Waals surface area contributed by atoms with E-state index in [1.807, 2.05) is 105 Å². The van der Waals surface area contributed by atoms with Gasteiger partial charge in [-0.25, -0.2) is 26.6 Å². The zero-order valence-corrected chi connectivity index (χ0v) is 35.1. The summed E-state index contributed by atoms with van der Waals surface area (Å²) in [5, 5.41) is 1.37. The molecular formula is C40H56Cl2N2O6S2. The maximum Gasteiger partial charge on any atom is 0.335 e. The minimum atomic E-state index is -1.33. The number of rotatable bonds is 15. The van der Waals surface area contributed by atoms with Crippen molar-refractivity contribution in [3.8, 4) is 0 Å². The zero-order valence-electron chi connectivity index (χ0n) is 31.9. The number of halogens is 2. The smallest absolute Gasteiger partial charge is 0.335 e. The predicted molar refractivity (Wildman–Crippen MR) is 217 cm³/mol. The van der Waals surface area contributed by atoms with Gasteiger partial charge in [0.1, 0.15) is 22.0 Å². The molecular weight excluding hydrogens is 739 g/mol. The summed E-state index contributed by atoms with van der Waals surface area (Å²) in [5.41, 5.74) is 3.09. The largest absolute Gasteiger partial charge is 0.463 e. The van der Waals surface area contributed by atoms with E-state index in [2.05, 4.69) is 13.2 Å². The minimum Gasteiger partial charge on any atom is -0.463 e. The second-order valence-corrected chi connectivity index (χ2v) is 19.6. The molecule has 3 rings (SSSR count). The summed E-state index contributed by atoms with van der Waals surface area (Å²) in [6.45, 7) is 24.0. The third-order valence-electron chi connectivity index (χ3n) is 7.91. The highest BCUT2D eigenvalue weighted by Gasteiger charge is 2.36. The van der Waals surface area contributed by atoms with Crippen LogP contribution in [0.5, 0.6) is 0 Å². The number of carbonyl (C=O) groups is 2. The molecule has 0 amide bonds. The Morgan fingerprint density at radius 2 is 1.46 bits per heavy atom. The Morgan fingerprint density at radius 3 is 1.94 bits per heavy atom. The summed E-state index contributed by atoms with van der Waals surface area (Å²) in [4.78, 5) is 24.1. The fourth-order valence-electron chi connectivity index (χ4n) is 5.30. The second-order valence-electron chi connectivity index (χ2n) is 14.4. The maximum absolute atomic E-state index is 13.2. The van der Waals surface area contributed by atoms with Gasteiger partial charge in [-0.1, -0.05) is 66.2 Å². The van der Waals surface area contributed by atoms with Crippen LogP contribution in [0, 0.1) is 0 Å². The van der Waals surface area contributed by atoms with Crippen LogP contribution in [0.3, 0.4) is 0 Å². The van der Waals surface area contributed by atoms with E-state index < -0.39 is 37.4 Å². The molecule has 288 valence electrons. The molecule has 0 aromatic heterocycles. The first-order chi connectivity index (χ1) is 24.3. The average molecular weight is 796 g/mol. The highest BCUT2D eigenvalue weighted by molar-refractivity contribution is 7.84. The predicted octanol–water partition coefficient (Wildman–Crippen LogP) is 8.62. The van der Waals surface area contributed by atoms with Crippen LogP contribution in [-0.4, -0.2) is 76.8 Å². The number of hydrogen-bond donors (Lipinski definition) is 0. The molecule has 0 radical (unpaired) electrons. The number of carbonyl (C=O) groups excluding carboxylic acids is 2. The van der Waals surface area contributed by atoms with Crippen LogP contribution in [-0.2, 0) is 53.9 Å². The zero-order chi connectivity index (χ0) is 39.2. The Labute approximate surface area is 326 Å². The van der Waals surface area contributed by atoms with E-state index in [0.29, 0.717) is 53.6 Å². The molecule has 1 aliphatic heterocycles. The van der Waals surface area contributed by atoms with Crippen LogP contribution in [0.2, 0.25) is 10.0 Å². The van der Waals surface area contributed by atoms with Gasteiger partial charge in [0, 0.05) is 46.4 Å². The SMILES string of the molecule is C=CCC(Cc1ccc(Cl)cc1)N(CC(=C)C(=O)OCC)S(=O)C(C)(C)C.CCOC(=O)C1=CCC(Cc2ccc(Cl)cc2)N(S(=O)C(C)(C)C)C1. The van der Waals surface area contributed by atoms with Crippen LogP contribution in [0.4, 0.5) is 0 Å². The second kappa shape index (κ2) is 21.3. The summed E-state index contributed by atoms with van der Waals surface area (Å²) in [5.74, 6) is -0.777. The standard InChI is InChI=1S/C21H30ClNO3S.C19H26ClNO3S/c1-7-9-19(14-17-10-12-18(22)13-11-17)23(27(25)21(4,5)6)15-16(3)20(24)26-8-2;1-5-24-18(22)15-8-11-17(12-14-6-9-16(20)10-7-14)21(13-15)25(23)19(2,3)4/h7,10-13,19H,1,3,8-9,14-15H2,2,4-6H3;6-10,17H,5,11-13H2,1-4H3. The normalized spacial score (nSPS) is 16.8. The van der Waals surface area contributed by atoms with E-state index in [1.165, 1.54) is 0 Å². The highest BCUT2D eigenvalue weighted by atomic mass is 35.5. The van der Waals surface area contributed by atoms with Gasteiger partial charge < -0.3 is 9.47 Å². The highest BCUT2D eigenvalue weighted by Crippen LogP contribution is 2.28. The Hall–Kier alpha value is -2.60. The summed E-state index contributed by atoms with van der Waals surface area (Å²) in [6, 6.07) is 15.3. The molecule has 52 heavy (non-hydrogen) atoms. The van der Waals surface area contributed by atoms with Crippen molar-refractivity contribution in [3.63, 3.8) is 0 Å². The molecule has 0 bridgehead atoms.